The standard InChI is InChI=1S/C6H12O.V.W/c1-4-6(3,7)5-2;;/h4-5,7H,1-3H3;;/q-2;;. The molecule has 0 spiro atoms. The van der Waals surface area contributed by atoms with Gasteiger partial charge in [0.05, 0.1) is 0 Å². The minimum atomic E-state index is -0.667. The van der Waals surface area contributed by atoms with Crippen molar-refractivity contribution in [1.82, 2.24) is 0 Å². The predicted molar refractivity (Wildman–Crippen MR) is 30.6 cm³/mol. The van der Waals surface area contributed by atoms with Gasteiger partial charge in [-0.25, -0.2) is 0 Å². The molecule has 0 aromatic heterocycles. The molecule has 0 aliphatic heterocycles. The summed E-state index contributed by atoms with van der Waals surface area (Å²) in [7, 11) is 0. The second-order valence-corrected chi connectivity index (χ2v) is 1.80. The first kappa shape index (κ1) is 16.7. The van der Waals surface area contributed by atoms with Gasteiger partial charge in [0.2, 0.25) is 0 Å². The van der Waals surface area contributed by atoms with Crippen LogP contribution in [0.15, 0.2) is 0 Å². The summed E-state index contributed by atoms with van der Waals surface area (Å²) >= 11 is 0. The third-order valence-corrected chi connectivity index (χ3v) is 1.17. The van der Waals surface area contributed by atoms with Crippen LogP contribution in [0.2, 0.25) is 0 Å². The normalized spacial score (nSPS) is 9.33. The summed E-state index contributed by atoms with van der Waals surface area (Å²) < 4.78 is 0. The average molecular weight is 335 g/mol. The van der Waals surface area contributed by atoms with Gasteiger partial charge in [0.15, 0.2) is 0 Å². The molecule has 3 heteroatoms. The molecule has 0 aromatic rings. The van der Waals surface area contributed by atoms with E-state index >= 15 is 0 Å². The molecule has 1 nitrogen and oxygen atoms in total. The maximum atomic E-state index is 9.02. The number of rotatable bonds is 2. The Labute approximate surface area is 83.8 Å². The molecule has 0 aliphatic rings. The first-order valence-electron chi connectivity index (χ1n) is 2.46. The Hall–Kier alpha value is 1.23. The van der Waals surface area contributed by atoms with E-state index < -0.39 is 5.60 Å². The van der Waals surface area contributed by atoms with Crippen LogP contribution in [0.25, 0.3) is 0 Å². The van der Waals surface area contributed by atoms with Crippen LogP contribution in [-0.2, 0) is 39.6 Å². The molecule has 1 N–H and O–H groups in total. The maximum Gasteiger partial charge on any atom is 0 e. The van der Waals surface area contributed by atoms with Crippen molar-refractivity contribution >= 4 is 0 Å². The Kier molecular flexibility index (Phi) is 13.6. The van der Waals surface area contributed by atoms with E-state index in [1.54, 1.807) is 19.8 Å². The first-order valence-corrected chi connectivity index (χ1v) is 2.46. The zero-order valence-corrected chi connectivity index (χ0v) is 10.3. The summed E-state index contributed by atoms with van der Waals surface area (Å²) in [5.74, 6) is 0. The summed E-state index contributed by atoms with van der Waals surface area (Å²) in [5, 5.41) is 9.02. The van der Waals surface area contributed by atoms with E-state index in [1.807, 2.05) is 13.8 Å². The van der Waals surface area contributed by atoms with Crippen molar-refractivity contribution in [2.24, 2.45) is 0 Å². The van der Waals surface area contributed by atoms with Crippen LogP contribution in [-0.4, -0.2) is 10.7 Å². The van der Waals surface area contributed by atoms with Gasteiger partial charge in [-0.2, -0.15) is 19.4 Å². The van der Waals surface area contributed by atoms with Crippen molar-refractivity contribution in [3.05, 3.63) is 12.8 Å². The van der Waals surface area contributed by atoms with Gasteiger partial charge in [0.25, 0.3) is 0 Å². The Morgan fingerprint density at radius 3 is 1.44 bits per heavy atom. The Bertz CT molecular complexity index is 51.0. The molecule has 0 fully saturated rings. The van der Waals surface area contributed by atoms with E-state index in [0.29, 0.717) is 0 Å². The van der Waals surface area contributed by atoms with Gasteiger partial charge in [-0.15, -0.1) is 0 Å². The fourth-order valence-corrected chi connectivity index (χ4v) is 0.167. The Balaban J connectivity index is -0.000000180. The summed E-state index contributed by atoms with van der Waals surface area (Å²) in [4.78, 5) is 0. The van der Waals surface area contributed by atoms with Crippen LogP contribution >= 0.6 is 0 Å². The smallest absolute Gasteiger partial charge is 0 e. The topological polar surface area (TPSA) is 20.2 Å². The van der Waals surface area contributed by atoms with Gasteiger partial charge < -0.3 is 17.9 Å². The minimum absolute atomic E-state index is 0. The van der Waals surface area contributed by atoms with Crippen molar-refractivity contribution in [3.63, 3.8) is 0 Å². The number of hydrogen-bond acceptors (Lipinski definition) is 1. The van der Waals surface area contributed by atoms with E-state index in [9.17, 15) is 0 Å². The van der Waals surface area contributed by atoms with Crippen molar-refractivity contribution < 1.29 is 44.7 Å². The fraction of sp³-hybridized carbons (Fsp3) is 0.667. The molecule has 0 unspecified atom stereocenters. The van der Waals surface area contributed by atoms with Gasteiger partial charge in [0.1, 0.15) is 0 Å². The van der Waals surface area contributed by atoms with Crippen molar-refractivity contribution in [1.29, 1.82) is 0 Å². The van der Waals surface area contributed by atoms with Crippen LogP contribution in [0, 0.1) is 12.8 Å². The molecule has 0 atom stereocenters. The zero-order chi connectivity index (χ0) is 5.91. The van der Waals surface area contributed by atoms with E-state index in [-0.39, 0.29) is 39.6 Å². The van der Waals surface area contributed by atoms with Gasteiger partial charge >= 0.3 is 0 Å². The summed E-state index contributed by atoms with van der Waals surface area (Å²) in [6, 6.07) is 0. The summed E-state index contributed by atoms with van der Waals surface area (Å²) in [6.07, 6.45) is 3.49. The maximum absolute atomic E-state index is 9.02. The van der Waals surface area contributed by atoms with Crippen LogP contribution in [0.5, 0.6) is 0 Å². The van der Waals surface area contributed by atoms with Crippen LogP contribution in [0.3, 0.4) is 0 Å². The molecule has 1 radical (unpaired) electrons. The zero-order valence-electron chi connectivity index (χ0n) is 5.96. The first-order chi connectivity index (χ1) is 3.12. The molecule has 9 heavy (non-hydrogen) atoms. The van der Waals surface area contributed by atoms with Crippen molar-refractivity contribution in [3.8, 4) is 0 Å². The molecule has 0 bridgehead atoms. The molecule has 0 amide bonds. The van der Waals surface area contributed by atoms with Crippen LogP contribution in [0.1, 0.15) is 20.8 Å². The van der Waals surface area contributed by atoms with Crippen molar-refractivity contribution in [2.45, 2.75) is 26.4 Å². The van der Waals surface area contributed by atoms with Crippen LogP contribution < -0.4 is 0 Å². The summed E-state index contributed by atoms with van der Waals surface area (Å²) in [6.45, 7) is 5.41. The molecule has 0 saturated heterocycles. The average Bonchev–Trinajstić information content (AvgIpc) is 1.68. The largest absolute Gasteiger partial charge is 0.453 e. The monoisotopic (exact) mass is 335 g/mol. The van der Waals surface area contributed by atoms with Gasteiger partial charge in [0, 0.05) is 39.6 Å². The van der Waals surface area contributed by atoms with E-state index in [1.165, 1.54) is 0 Å². The molecule has 0 aliphatic carbocycles. The Morgan fingerprint density at radius 1 is 1.22 bits per heavy atom. The molecular formula is C6H12OVW-2. The minimum Gasteiger partial charge on any atom is -0.453 e. The van der Waals surface area contributed by atoms with E-state index in [4.69, 9.17) is 5.11 Å². The summed E-state index contributed by atoms with van der Waals surface area (Å²) in [5.41, 5.74) is -0.667. The SMILES string of the molecule is C[CH-]C(C)(O)[CH-]C.[V].[W]. The van der Waals surface area contributed by atoms with Gasteiger partial charge in [-0.05, 0) is 0 Å². The molecule has 0 saturated carbocycles. The van der Waals surface area contributed by atoms with Crippen LogP contribution in [0.4, 0.5) is 0 Å². The predicted octanol–water partition coefficient (Wildman–Crippen LogP) is 1.18. The molecule has 55 valence electrons. The molecule has 0 rings (SSSR count). The van der Waals surface area contributed by atoms with E-state index in [0.717, 1.165) is 0 Å². The second kappa shape index (κ2) is 7.34. The van der Waals surface area contributed by atoms with E-state index in [2.05, 4.69) is 0 Å². The Morgan fingerprint density at radius 2 is 1.44 bits per heavy atom. The molecular weight excluding hydrogens is 323 g/mol. The molecule has 0 aromatic carbocycles. The second-order valence-electron chi connectivity index (χ2n) is 1.80. The van der Waals surface area contributed by atoms with Gasteiger partial charge in [-0.3, -0.25) is 0 Å². The fourth-order valence-electron chi connectivity index (χ4n) is 0.167. The third-order valence-electron chi connectivity index (χ3n) is 1.17. The van der Waals surface area contributed by atoms with Gasteiger partial charge in [-0.1, -0.05) is 6.92 Å². The van der Waals surface area contributed by atoms with Crippen molar-refractivity contribution in [2.75, 3.05) is 0 Å². The number of hydrogen-bond donors (Lipinski definition) is 1. The third kappa shape index (κ3) is 9.23. The quantitative estimate of drug-likeness (QED) is 0.752. The number of aliphatic hydroxyl groups is 1. The molecule has 0 heterocycles.